The second kappa shape index (κ2) is 11.9. The van der Waals surface area contributed by atoms with Crippen LogP contribution in [0, 0.1) is 0 Å². The Balaban J connectivity index is 1.32. The quantitative estimate of drug-likeness (QED) is 0.299. The van der Waals surface area contributed by atoms with Crippen LogP contribution in [0.25, 0.3) is 28.3 Å². The normalized spacial score (nSPS) is 13.6. The van der Waals surface area contributed by atoms with Crippen LogP contribution >= 0.6 is 0 Å². The third kappa shape index (κ3) is 5.96. The standard InChI is InChI=1S/C32H33N7O2/c1-37(2)17-14-23-9-11-26(12-10-23)34-32-33-15-13-27(35-32)30-29(36-28-8-3-4-16-39(28)30)24-6-5-7-25(22-24)31(40)38-18-20-41-21-19-38/h3-13,15-16,22H,14,17-21H2,1-2H3,(H,33,34,35). The van der Waals surface area contributed by atoms with Gasteiger partial charge in [0.25, 0.3) is 5.91 Å². The number of pyridine rings is 1. The number of likely N-dealkylation sites (N-methyl/N-ethyl adjacent to an activating group) is 1. The molecule has 5 aromatic rings. The molecule has 1 aliphatic rings. The van der Waals surface area contributed by atoms with Crippen molar-refractivity contribution in [2.45, 2.75) is 6.42 Å². The number of carbonyl (C=O) groups is 1. The van der Waals surface area contributed by atoms with Gasteiger partial charge in [-0.3, -0.25) is 9.20 Å². The maximum absolute atomic E-state index is 13.2. The minimum absolute atomic E-state index is 0.00159. The molecule has 9 nitrogen and oxygen atoms in total. The van der Waals surface area contributed by atoms with Gasteiger partial charge in [0.05, 0.1) is 30.3 Å². The third-order valence-corrected chi connectivity index (χ3v) is 7.17. The number of hydrogen-bond acceptors (Lipinski definition) is 7. The molecule has 1 aliphatic heterocycles. The van der Waals surface area contributed by atoms with Gasteiger partial charge >= 0.3 is 0 Å². The van der Waals surface area contributed by atoms with Crippen LogP contribution in [0.2, 0.25) is 0 Å². The molecule has 1 saturated heterocycles. The number of morpholine rings is 1. The van der Waals surface area contributed by atoms with E-state index in [2.05, 4.69) is 53.6 Å². The van der Waals surface area contributed by atoms with Crippen LogP contribution in [-0.2, 0) is 11.2 Å². The van der Waals surface area contributed by atoms with E-state index in [1.807, 2.05) is 64.0 Å². The molecule has 9 heteroatoms. The topological polar surface area (TPSA) is 87.9 Å². The predicted octanol–water partition coefficient (Wildman–Crippen LogP) is 4.78. The Morgan fingerprint density at radius 3 is 2.61 bits per heavy atom. The number of aromatic nitrogens is 4. The smallest absolute Gasteiger partial charge is 0.254 e. The van der Waals surface area contributed by atoms with Crippen LogP contribution in [0.5, 0.6) is 0 Å². The summed E-state index contributed by atoms with van der Waals surface area (Å²) in [7, 11) is 4.16. The SMILES string of the molecule is CN(C)CCc1ccc(Nc2nccc(-c3c(-c4cccc(C(=O)N5CCOCC5)c4)nc4ccccn34)n2)cc1. The number of rotatable bonds is 8. The molecular formula is C32H33N7O2. The average molecular weight is 548 g/mol. The Hall–Kier alpha value is -4.60. The van der Waals surface area contributed by atoms with Crippen LogP contribution < -0.4 is 5.32 Å². The Morgan fingerprint density at radius 1 is 0.976 bits per heavy atom. The van der Waals surface area contributed by atoms with E-state index in [9.17, 15) is 4.79 Å². The van der Waals surface area contributed by atoms with Crippen molar-refractivity contribution in [2.75, 3.05) is 52.3 Å². The Kier molecular flexibility index (Phi) is 7.71. The van der Waals surface area contributed by atoms with Gasteiger partial charge in [0.1, 0.15) is 5.65 Å². The highest BCUT2D eigenvalue weighted by molar-refractivity contribution is 5.96. The lowest BCUT2D eigenvalue weighted by atomic mass is 10.0. The highest BCUT2D eigenvalue weighted by Gasteiger charge is 2.21. The van der Waals surface area contributed by atoms with E-state index in [-0.39, 0.29) is 5.91 Å². The summed E-state index contributed by atoms with van der Waals surface area (Å²) in [5.74, 6) is 0.498. The minimum atomic E-state index is 0.00159. The van der Waals surface area contributed by atoms with Crippen LogP contribution in [0.1, 0.15) is 15.9 Å². The average Bonchev–Trinajstić information content (AvgIpc) is 3.41. The van der Waals surface area contributed by atoms with Gasteiger partial charge in [0, 0.05) is 48.8 Å². The molecule has 1 N–H and O–H groups in total. The second-order valence-electron chi connectivity index (χ2n) is 10.4. The zero-order valence-electron chi connectivity index (χ0n) is 23.3. The summed E-state index contributed by atoms with van der Waals surface area (Å²) in [6.45, 7) is 3.32. The number of hydrogen-bond donors (Lipinski definition) is 1. The van der Waals surface area contributed by atoms with Crippen molar-refractivity contribution < 1.29 is 9.53 Å². The van der Waals surface area contributed by atoms with E-state index in [1.54, 1.807) is 6.20 Å². The second-order valence-corrected chi connectivity index (χ2v) is 10.4. The molecule has 0 radical (unpaired) electrons. The molecule has 0 bridgehead atoms. The zero-order chi connectivity index (χ0) is 28.2. The predicted molar refractivity (Wildman–Crippen MR) is 160 cm³/mol. The molecule has 208 valence electrons. The number of ether oxygens (including phenoxy) is 1. The van der Waals surface area contributed by atoms with Gasteiger partial charge in [-0.05, 0) is 68.5 Å². The third-order valence-electron chi connectivity index (χ3n) is 7.17. The lowest BCUT2D eigenvalue weighted by Gasteiger charge is -2.27. The Morgan fingerprint density at radius 2 is 1.80 bits per heavy atom. The first kappa shape index (κ1) is 26.6. The van der Waals surface area contributed by atoms with Gasteiger partial charge in [0.15, 0.2) is 0 Å². The van der Waals surface area contributed by atoms with Crippen molar-refractivity contribution in [3.8, 4) is 22.6 Å². The lowest BCUT2D eigenvalue weighted by Crippen LogP contribution is -2.40. The number of anilines is 2. The number of benzene rings is 2. The number of nitrogens with zero attached hydrogens (tertiary/aromatic N) is 6. The lowest BCUT2D eigenvalue weighted by molar-refractivity contribution is 0.0303. The monoisotopic (exact) mass is 547 g/mol. The fourth-order valence-electron chi connectivity index (χ4n) is 4.98. The zero-order valence-corrected chi connectivity index (χ0v) is 23.3. The van der Waals surface area contributed by atoms with Gasteiger partial charge in [-0.2, -0.15) is 0 Å². The van der Waals surface area contributed by atoms with Crippen molar-refractivity contribution in [3.63, 3.8) is 0 Å². The largest absolute Gasteiger partial charge is 0.378 e. The van der Waals surface area contributed by atoms with Crippen LogP contribution in [-0.4, -0.2) is 82.0 Å². The number of fused-ring (bicyclic) bond motifs is 1. The van der Waals surface area contributed by atoms with Crippen molar-refractivity contribution >= 4 is 23.2 Å². The van der Waals surface area contributed by atoms with Gasteiger partial charge in [-0.1, -0.05) is 30.3 Å². The summed E-state index contributed by atoms with van der Waals surface area (Å²) < 4.78 is 7.45. The molecule has 1 fully saturated rings. The number of amides is 1. The van der Waals surface area contributed by atoms with Crippen LogP contribution in [0.3, 0.4) is 0 Å². The molecule has 0 atom stereocenters. The van der Waals surface area contributed by atoms with Crippen LogP contribution in [0.4, 0.5) is 11.6 Å². The first-order chi connectivity index (χ1) is 20.0. The first-order valence-electron chi connectivity index (χ1n) is 13.8. The van der Waals surface area contributed by atoms with E-state index in [4.69, 9.17) is 14.7 Å². The van der Waals surface area contributed by atoms with E-state index in [0.29, 0.717) is 37.8 Å². The Labute approximate surface area is 239 Å². The molecule has 0 unspecified atom stereocenters. The number of carbonyl (C=O) groups excluding carboxylic acids is 1. The minimum Gasteiger partial charge on any atom is -0.378 e. The Bertz CT molecular complexity index is 1660. The summed E-state index contributed by atoms with van der Waals surface area (Å²) in [6.07, 6.45) is 4.72. The fraction of sp³-hybridized carbons (Fsp3) is 0.250. The molecule has 0 aliphatic carbocycles. The maximum Gasteiger partial charge on any atom is 0.254 e. The summed E-state index contributed by atoms with van der Waals surface area (Å²) >= 11 is 0. The molecule has 4 heterocycles. The van der Waals surface area contributed by atoms with E-state index < -0.39 is 0 Å². The van der Waals surface area contributed by atoms with E-state index in [0.717, 1.165) is 46.9 Å². The molecule has 41 heavy (non-hydrogen) atoms. The molecule has 3 aromatic heterocycles. The molecular weight excluding hydrogens is 514 g/mol. The van der Waals surface area contributed by atoms with Crippen molar-refractivity contribution in [1.82, 2.24) is 29.2 Å². The van der Waals surface area contributed by atoms with E-state index >= 15 is 0 Å². The number of imidazole rings is 1. The fourth-order valence-corrected chi connectivity index (χ4v) is 4.98. The number of nitrogens with one attached hydrogen (secondary N) is 1. The maximum atomic E-state index is 13.2. The van der Waals surface area contributed by atoms with Gasteiger partial charge in [-0.25, -0.2) is 15.0 Å². The molecule has 2 aromatic carbocycles. The summed E-state index contributed by atoms with van der Waals surface area (Å²) in [6, 6.07) is 23.8. The van der Waals surface area contributed by atoms with Gasteiger partial charge in [-0.15, -0.1) is 0 Å². The summed E-state index contributed by atoms with van der Waals surface area (Å²) in [5, 5.41) is 3.34. The first-order valence-corrected chi connectivity index (χ1v) is 13.8. The highest BCUT2D eigenvalue weighted by Crippen LogP contribution is 2.33. The van der Waals surface area contributed by atoms with Crippen molar-refractivity contribution in [3.05, 3.63) is 96.3 Å². The molecule has 6 rings (SSSR count). The summed E-state index contributed by atoms with van der Waals surface area (Å²) in [5.41, 5.74) is 6.79. The highest BCUT2D eigenvalue weighted by atomic mass is 16.5. The summed E-state index contributed by atoms with van der Waals surface area (Å²) in [4.78, 5) is 31.6. The van der Waals surface area contributed by atoms with E-state index in [1.165, 1.54) is 5.56 Å². The molecule has 0 saturated carbocycles. The van der Waals surface area contributed by atoms with Gasteiger partial charge < -0.3 is 19.9 Å². The van der Waals surface area contributed by atoms with Crippen molar-refractivity contribution in [2.24, 2.45) is 0 Å². The van der Waals surface area contributed by atoms with Gasteiger partial charge in [0.2, 0.25) is 5.95 Å². The molecule has 0 spiro atoms. The van der Waals surface area contributed by atoms with Crippen molar-refractivity contribution in [1.29, 1.82) is 0 Å². The molecule has 1 amide bonds. The van der Waals surface area contributed by atoms with Crippen LogP contribution in [0.15, 0.2) is 85.2 Å².